The molecule has 3 heterocycles. The molecule has 2 aromatic rings. The Morgan fingerprint density at radius 3 is 2.87 bits per heavy atom. The molecule has 0 radical (unpaired) electrons. The SMILES string of the molecule is Cc1ccc2nc(CN3CCC[C@H](C(F)(F)F)C3)cc(=O)n2c1. The number of hydrogen-bond donors (Lipinski definition) is 0. The summed E-state index contributed by atoms with van der Waals surface area (Å²) >= 11 is 0. The summed E-state index contributed by atoms with van der Waals surface area (Å²) in [5.74, 6) is -1.29. The van der Waals surface area contributed by atoms with E-state index < -0.39 is 12.1 Å². The number of piperidine rings is 1. The van der Waals surface area contributed by atoms with Gasteiger partial charge in [-0.2, -0.15) is 13.2 Å². The summed E-state index contributed by atoms with van der Waals surface area (Å²) in [6, 6.07) is 5.00. The summed E-state index contributed by atoms with van der Waals surface area (Å²) < 4.78 is 40.1. The zero-order chi connectivity index (χ0) is 16.6. The van der Waals surface area contributed by atoms with Crippen molar-refractivity contribution in [1.82, 2.24) is 14.3 Å². The molecule has 1 aliphatic rings. The summed E-state index contributed by atoms with van der Waals surface area (Å²) in [4.78, 5) is 18.3. The van der Waals surface area contributed by atoms with Crippen LogP contribution in [-0.2, 0) is 6.54 Å². The zero-order valence-electron chi connectivity index (χ0n) is 12.8. The molecule has 3 rings (SSSR count). The molecule has 0 unspecified atom stereocenters. The lowest BCUT2D eigenvalue weighted by Crippen LogP contribution is -2.41. The van der Waals surface area contributed by atoms with Gasteiger partial charge in [0.05, 0.1) is 11.6 Å². The molecule has 7 heteroatoms. The second-order valence-corrected chi connectivity index (χ2v) is 6.14. The van der Waals surface area contributed by atoms with Crippen LogP contribution in [0.2, 0.25) is 0 Å². The summed E-state index contributed by atoms with van der Waals surface area (Å²) in [5, 5.41) is 0. The van der Waals surface area contributed by atoms with E-state index in [1.165, 1.54) is 10.5 Å². The van der Waals surface area contributed by atoms with E-state index in [1.54, 1.807) is 17.2 Å². The molecule has 0 aliphatic carbocycles. The van der Waals surface area contributed by atoms with Gasteiger partial charge < -0.3 is 0 Å². The van der Waals surface area contributed by atoms with Gasteiger partial charge in [-0.25, -0.2) is 4.98 Å². The topological polar surface area (TPSA) is 37.6 Å². The average Bonchev–Trinajstić information content (AvgIpc) is 2.48. The highest BCUT2D eigenvalue weighted by atomic mass is 19.4. The predicted molar refractivity (Wildman–Crippen MR) is 80.3 cm³/mol. The van der Waals surface area contributed by atoms with Gasteiger partial charge >= 0.3 is 6.18 Å². The molecule has 1 atom stereocenters. The van der Waals surface area contributed by atoms with Crippen LogP contribution in [-0.4, -0.2) is 33.6 Å². The molecule has 0 N–H and O–H groups in total. The first kappa shape index (κ1) is 16.0. The van der Waals surface area contributed by atoms with Crippen LogP contribution in [0.1, 0.15) is 24.1 Å². The Kier molecular flexibility index (Phi) is 4.14. The van der Waals surface area contributed by atoms with E-state index in [4.69, 9.17) is 0 Å². The van der Waals surface area contributed by atoms with Gasteiger partial charge in [-0.3, -0.25) is 14.1 Å². The zero-order valence-corrected chi connectivity index (χ0v) is 12.8. The van der Waals surface area contributed by atoms with Crippen molar-refractivity contribution in [3.05, 3.63) is 46.0 Å². The monoisotopic (exact) mass is 325 g/mol. The molecule has 23 heavy (non-hydrogen) atoms. The maximum atomic E-state index is 12.9. The molecule has 1 aliphatic heterocycles. The molecule has 4 nitrogen and oxygen atoms in total. The summed E-state index contributed by atoms with van der Waals surface area (Å²) in [5.41, 5.74) is 1.76. The molecular formula is C16H18F3N3O. The maximum Gasteiger partial charge on any atom is 0.393 e. The van der Waals surface area contributed by atoms with Crippen LogP contribution in [0.4, 0.5) is 13.2 Å². The van der Waals surface area contributed by atoms with E-state index in [2.05, 4.69) is 4.98 Å². The average molecular weight is 325 g/mol. The number of nitrogens with zero attached hydrogens (tertiary/aromatic N) is 3. The fraction of sp³-hybridized carbons (Fsp3) is 0.500. The van der Waals surface area contributed by atoms with Crippen LogP contribution >= 0.6 is 0 Å². The van der Waals surface area contributed by atoms with Gasteiger partial charge in [0.2, 0.25) is 0 Å². The molecule has 0 saturated carbocycles. The highest BCUT2D eigenvalue weighted by molar-refractivity contribution is 5.39. The number of fused-ring (bicyclic) bond motifs is 1. The van der Waals surface area contributed by atoms with Crippen molar-refractivity contribution in [2.24, 2.45) is 5.92 Å². The smallest absolute Gasteiger partial charge is 0.297 e. The molecule has 0 bridgehead atoms. The van der Waals surface area contributed by atoms with Crippen LogP contribution in [0, 0.1) is 12.8 Å². The minimum absolute atomic E-state index is 0.0293. The maximum absolute atomic E-state index is 12.9. The summed E-state index contributed by atoms with van der Waals surface area (Å²) in [6.45, 7) is 2.72. The van der Waals surface area contributed by atoms with Gasteiger partial charge in [-0.15, -0.1) is 0 Å². The lowest BCUT2D eigenvalue weighted by molar-refractivity contribution is -0.187. The highest BCUT2D eigenvalue weighted by Crippen LogP contribution is 2.33. The van der Waals surface area contributed by atoms with Crippen molar-refractivity contribution in [2.75, 3.05) is 13.1 Å². The third-order valence-electron chi connectivity index (χ3n) is 4.21. The number of rotatable bonds is 2. The van der Waals surface area contributed by atoms with Gasteiger partial charge in [0.1, 0.15) is 5.65 Å². The molecule has 2 aromatic heterocycles. The van der Waals surface area contributed by atoms with Gasteiger partial charge in [0.25, 0.3) is 5.56 Å². The van der Waals surface area contributed by atoms with E-state index in [9.17, 15) is 18.0 Å². The molecule has 124 valence electrons. The van der Waals surface area contributed by atoms with Crippen molar-refractivity contribution >= 4 is 5.65 Å². The van der Waals surface area contributed by atoms with Crippen LogP contribution in [0.5, 0.6) is 0 Å². The number of likely N-dealkylation sites (tertiary alicyclic amines) is 1. The van der Waals surface area contributed by atoms with E-state index in [0.717, 1.165) is 5.56 Å². The van der Waals surface area contributed by atoms with Crippen molar-refractivity contribution in [1.29, 1.82) is 0 Å². The third-order valence-corrected chi connectivity index (χ3v) is 4.21. The number of halogens is 3. The van der Waals surface area contributed by atoms with E-state index in [0.29, 0.717) is 24.3 Å². The minimum atomic E-state index is -4.16. The van der Waals surface area contributed by atoms with Gasteiger partial charge in [-0.05, 0) is 37.9 Å². The van der Waals surface area contributed by atoms with E-state index >= 15 is 0 Å². The largest absolute Gasteiger partial charge is 0.393 e. The van der Waals surface area contributed by atoms with Crippen LogP contribution in [0.3, 0.4) is 0 Å². The Morgan fingerprint density at radius 1 is 1.35 bits per heavy atom. The number of aryl methyl sites for hydroxylation is 1. The quantitative estimate of drug-likeness (QED) is 0.852. The first-order valence-corrected chi connectivity index (χ1v) is 7.61. The second-order valence-electron chi connectivity index (χ2n) is 6.14. The molecule has 0 spiro atoms. The highest BCUT2D eigenvalue weighted by Gasteiger charge is 2.41. The summed E-state index contributed by atoms with van der Waals surface area (Å²) in [6.07, 6.45) is -1.77. The number of hydrogen-bond acceptors (Lipinski definition) is 3. The first-order valence-electron chi connectivity index (χ1n) is 7.61. The Hall–Kier alpha value is -1.89. The fourth-order valence-corrected chi connectivity index (χ4v) is 3.03. The number of alkyl halides is 3. The first-order chi connectivity index (χ1) is 10.8. The van der Waals surface area contributed by atoms with Crippen molar-refractivity contribution < 1.29 is 13.2 Å². The Bertz CT molecular complexity index is 769. The Morgan fingerprint density at radius 2 is 2.13 bits per heavy atom. The fourth-order valence-electron chi connectivity index (χ4n) is 3.03. The number of aromatic nitrogens is 2. The van der Waals surface area contributed by atoms with E-state index in [1.807, 2.05) is 13.0 Å². The second kappa shape index (κ2) is 5.96. The van der Waals surface area contributed by atoms with E-state index in [-0.39, 0.29) is 25.1 Å². The Labute approximate surface area is 131 Å². The van der Waals surface area contributed by atoms with Crippen LogP contribution < -0.4 is 5.56 Å². The van der Waals surface area contributed by atoms with Crippen molar-refractivity contribution in [3.8, 4) is 0 Å². The minimum Gasteiger partial charge on any atom is -0.297 e. The van der Waals surface area contributed by atoms with Gasteiger partial charge in [0, 0.05) is 25.4 Å². The molecule has 1 saturated heterocycles. The lowest BCUT2D eigenvalue weighted by atomic mass is 9.97. The van der Waals surface area contributed by atoms with Crippen LogP contribution in [0.15, 0.2) is 29.2 Å². The Balaban J connectivity index is 1.81. The molecule has 0 aromatic carbocycles. The molecule has 1 fully saturated rings. The van der Waals surface area contributed by atoms with Crippen molar-refractivity contribution in [2.45, 2.75) is 32.5 Å². The molecular weight excluding hydrogens is 307 g/mol. The van der Waals surface area contributed by atoms with Crippen LogP contribution in [0.25, 0.3) is 5.65 Å². The number of pyridine rings is 1. The normalized spacial score (nSPS) is 20.1. The third kappa shape index (κ3) is 3.55. The lowest BCUT2D eigenvalue weighted by Gasteiger charge is -2.33. The summed E-state index contributed by atoms with van der Waals surface area (Å²) in [7, 11) is 0. The van der Waals surface area contributed by atoms with Gasteiger partial charge in [0.15, 0.2) is 0 Å². The molecule has 0 amide bonds. The predicted octanol–water partition coefficient (Wildman–Crippen LogP) is 2.78. The van der Waals surface area contributed by atoms with Gasteiger partial charge in [-0.1, -0.05) is 6.07 Å². The van der Waals surface area contributed by atoms with Crippen molar-refractivity contribution in [3.63, 3.8) is 0 Å². The standard InChI is InChI=1S/C16H18F3N3O/c1-11-4-5-14-20-13(7-15(23)22(14)8-11)10-21-6-2-3-12(9-21)16(17,18)19/h4-5,7-8,12H,2-3,6,9-10H2,1H3/t12-/m0/s1.